The van der Waals surface area contributed by atoms with Gasteiger partial charge in [-0.2, -0.15) is 0 Å². The van der Waals surface area contributed by atoms with Gasteiger partial charge >= 0.3 is 0 Å². The number of aryl methyl sites for hydroxylation is 4. The van der Waals surface area contributed by atoms with Crippen molar-refractivity contribution in [2.75, 3.05) is 108 Å². The zero-order valence-electron chi connectivity index (χ0n) is 56.8. The number of fused-ring (bicyclic) bond motifs is 2. The number of aromatic nitrogens is 6. The molecule has 27 nitrogen and oxygen atoms in total. The van der Waals surface area contributed by atoms with Crippen molar-refractivity contribution < 1.29 is 43.2 Å². The Morgan fingerprint density at radius 3 is 1.59 bits per heavy atom. The van der Waals surface area contributed by atoms with Crippen LogP contribution in [0, 0.1) is 27.7 Å². The van der Waals surface area contributed by atoms with Crippen molar-refractivity contribution in [1.82, 2.24) is 60.1 Å². The minimum atomic E-state index is -0.992. The molecule has 540 valence electrons. The molecule has 0 saturated carbocycles. The molecule has 8 aromatic rings. The molecular weight excluding hydrogens is 1470 g/mol. The van der Waals surface area contributed by atoms with E-state index < -0.39 is 41.6 Å². The van der Waals surface area contributed by atoms with Crippen LogP contribution in [0.4, 0.5) is 44.9 Å². The molecule has 4 aromatic carbocycles. The standard InChI is InChI=1S/C35H34ClN9O5S2.C22H25Cl2N7OS.C13H12N2O3S/c1-19-5-3-7-22(36)30(19)42-32(48)25-18-37-35(52-25)40-26-17-27(39-20(2)38-26)44-13-11-43(12-14-44)15-16-51-24-8-4-6-21-29(24)34(50)45(33(21)49)23-9-10-28(46)41-31(23)47;1-14-4-3-5-16(24)20(14)29-21(32)17-13-25-22(33-17)28-18-12-19(27-15(2)26-18)31-10-8-30(7-6-23)9-11-31;16-11-5-4-9(12(17)14-11)15-6-8-7(13(15)18)2-1-3-10(8)19/h3-8,17-18,23H,9-16H2,1-2H3,(H,42,48)(H,41,46,47)(H,37,38,39,40);3-5,12-13H,6-11H2,1-2H3,(H,29,32)(H,25,26,27,28);1-3,9,19H,4-6H2,(H,14,16,17). The molecule has 0 radical (unpaired) electrons. The first-order chi connectivity index (χ1) is 50.0. The molecule has 4 aromatic heterocycles. The molecule has 9 amide bonds. The van der Waals surface area contributed by atoms with Gasteiger partial charge in [0.05, 0.1) is 44.9 Å². The predicted molar refractivity (Wildman–Crippen MR) is 404 cm³/mol. The number of halogens is 3. The topological polar surface area (TPSA) is 323 Å². The van der Waals surface area contributed by atoms with E-state index in [0.29, 0.717) is 105 Å². The number of benzene rings is 4. The van der Waals surface area contributed by atoms with Crippen molar-refractivity contribution in [3.63, 3.8) is 0 Å². The first-order valence-corrected chi connectivity index (χ1v) is 37.6. The van der Waals surface area contributed by atoms with Gasteiger partial charge in [0.2, 0.25) is 23.6 Å². The summed E-state index contributed by atoms with van der Waals surface area (Å²) in [6.45, 7) is 16.3. The number of rotatable bonds is 18. The molecule has 6 aliphatic heterocycles. The van der Waals surface area contributed by atoms with Gasteiger partial charge in [0, 0.05) is 124 Å². The Kier molecular flexibility index (Phi) is 23.9. The lowest BCUT2D eigenvalue weighted by atomic mass is 10.0. The van der Waals surface area contributed by atoms with E-state index >= 15 is 0 Å². The Balaban J connectivity index is 0.000000165. The molecule has 4 fully saturated rings. The van der Waals surface area contributed by atoms with E-state index in [1.807, 2.05) is 76.2 Å². The number of imide groups is 3. The minimum absolute atomic E-state index is 0.0779. The highest BCUT2D eigenvalue weighted by molar-refractivity contribution is 7.99. The van der Waals surface area contributed by atoms with Gasteiger partial charge in [0.15, 0.2) is 10.3 Å². The van der Waals surface area contributed by atoms with Gasteiger partial charge in [0.25, 0.3) is 29.5 Å². The van der Waals surface area contributed by atoms with E-state index in [9.17, 15) is 43.2 Å². The molecule has 4 saturated heterocycles. The lowest BCUT2D eigenvalue weighted by Gasteiger charge is -2.35. The molecule has 6 aliphatic rings. The van der Waals surface area contributed by atoms with E-state index in [2.05, 4.69) is 94.0 Å². The van der Waals surface area contributed by atoms with Gasteiger partial charge in [0.1, 0.15) is 56.8 Å². The summed E-state index contributed by atoms with van der Waals surface area (Å²) in [5.74, 6) is 2.07. The maximum absolute atomic E-state index is 13.4. The fourth-order valence-electron chi connectivity index (χ4n) is 12.6. The molecule has 34 heteroatoms. The quantitative estimate of drug-likeness (QED) is 0.0182. The lowest BCUT2D eigenvalue weighted by molar-refractivity contribution is -0.138. The van der Waals surface area contributed by atoms with E-state index in [-0.39, 0.29) is 48.5 Å². The number of hydrogen-bond acceptors (Lipinski definition) is 25. The highest BCUT2D eigenvalue weighted by atomic mass is 35.5. The Hall–Kier alpha value is -9.18. The number of piperidine rings is 2. The summed E-state index contributed by atoms with van der Waals surface area (Å²) in [5, 5.41) is 18.7. The van der Waals surface area contributed by atoms with Crippen LogP contribution in [0.15, 0.2) is 107 Å². The van der Waals surface area contributed by atoms with Crippen LogP contribution in [-0.4, -0.2) is 192 Å². The number of carbonyl (C=O) groups excluding carboxylic acids is 9. The summed E-state index contributed by atoms with van der Waals surface area (Å²) in [6, 6.07) is 23.7. The molecular formula is C70H71Cl3N18O9S4. The van der Waals surface area contributed by atoms with Gasteiger partial charge in [-0.3, -0.25) is 68.5 Å². The molecule has 0 bridgehead atoms. The van der Waals surface area contributed by atoms with Crippen molar-refractivity contribution >= 4 is 180 Å². The number of hydrogen-bond donors (Lipinski definition) is 7. The molecule has 6 N–H and O–H groups in total. The number of thiol groups is 1. The zero-order chi connectivity index (χ0) is 73.5. The maximum atomic E-state index is 13.4. The fourth-order valence-corrected chi connectivity index (χ4v) is 16.1. The third kappa shape index (κ3) is 17.4. The van der Waals surface area contributed by atoms with Crippen LogP contribution in [0.1, 0.15) is 104 Å². The van der Waals surface area contributed by atoms with Crippen LogP contribution in [0.5, 0.6) is 0 Å². The Bertz CT molecular complexity index is 4640. The van der Waals surface area contributed by atoms with Gasteiger partial charge < -0.3 is 36.0 Å². The summed E-state index contributed by atoms with van der Waals surface area (Å²) < 4.78 is 0. The second-order valence-corrected chi connectivity index (χ2v) is 29.8. The highest BCUT2D eigenvalue weighted by Gasteiger charge is 2.46. The van der Waals surface area contributed by atoms with Gasteiger partial charge in [-0.15, -0.1) is 36.0 Å². The van der Waals surface area contributed by atoms with Crippen LogP contribution in [0.2, 0.25) is 10.0 Å². The summed E-state index contributed by atoms with van der Waals surface area (Å²) in [5.41, 5.74) is 4.98. The number of anilines is 8. The van der Waals surface area contributed by atoms with Crippen molar-refractivity contribution in [2.45, 2.75) is 81.8 Å². The SMILES string of the molecule is Cc1nc(Nc2ncc(C(=O)Nc3c(C)cccc3Cl)s2)cc(N2CCN(CCCl)CC2)n1.Cc1nc(Nc2ncc(C(=O)Nc3c(C)cccc3Cl)s2)cc(N2CCN(CCSc3cccc4c3C(=O)N(C3CCC(=O)NC3=O)C4=O)CC2)n1.O=C1CCC(N2Cc3c(S)cccc3C2=O)C(=O)N1. The largest absolute Gasteiger partial charge is 0.354 e. The summed E-state index contributed by atoms with van der Waals surface area (Å²) >= 11 is 26.7. The number of nitrogens with zero attached hydrogens (tertiary/aromatic N) is 12. The molecule has 2 atom stereocenters. The third-order valence-corrected chi connectivity index (χ3v) is 22.0. The highest BCUT2D eigenvalue weighted by Crippen LogP contribution is 2.37. The number of amides is 9. The smallest absolute Gasteiger partial charge is 0.267 e. The van der Waals surface area contributed by atoms with Crippen molar-refractivity contribution in [3.05, 3.63) is 162 Å². The second-order valence-electron chi connectivity index (χ2n) is 24.9. The third-order valence-electron chi connectivity index (χ3n) is 17.9. The number of para-hydroxylation sites is 2. The van der Waals surface area contributed by atoms with Crippen molar-refractivity contribution in [3.8, 4) is 0 Å². The Labute approximate surface area is 631 Å². The number of thioether (sulfide) groups is 1. The van der Waals surface area contributed by atoms with Crippen molar-refractivity contribution in [1.29, 1.82) is 0 Å². The van der Waals surface area contributed by atoms with Crippen LogP contribution in [0.25, 0.3) is 0 Å². The van der Waals surface area contributed by atoms with Crippen LogP contribution in [0.3, 0.4) is 0 Å². The number of piperazine rings is 2. The number of nitrogens with one attached hydrogen (secondary N) is 6. The average Bonchev–Trinajstić information content (AvgIpc) is 1.59. The van der Waals surface area contributed by atoms with Gasteiger partial charge in [-0.1, -0.05) is 82.3 Å². The molecule has 14 rings (SSSR count). The van der Waals surface area contributed by atoms with Gasteiger partial charge in [-0.25, -0.2) is 29.9 Å². The maximum Gasteiger partial charge on any atom is 0.267 e. The number of thiazole rings is 2. The Morgan fingerprint density at radius 2 is 1.09 bits per heavy atom. The lowest BCUT2D eigenvalue weighted by Crippen LogP contribution is -2.54. The first kappa shape index (κ1) is 74.5. The van der Waals surface area contributed by atoms with Crippen LogP contribution >= 0.6 is 81.9 Å². The summed E-state index contributed by atoms with van der Waals surface area (Å²) in [4.78, 5) is 153. The minimum Gasteiger partial charge on any atom is -0.354 e. The predicted octanol–water partition coefficient (Wildman–Crippen LogP) is 9.81. The second kappa shape index (κ2) is 33.3. The van der Waals surface area contributed by atoms with E-state index in [4.69, 9.17) is 34.8 Å². The monoisotopic (exact) mass is 1540 g/mol. The fraction of sp³-hybridized carbons (Fsp3) is 0.329. The molecule has 10 heterocycles. The molecule has 0 aliphatic carbocycles. The first-order valence-electron chi connectivity index (χ1n) is 33.3. The van der Waals surface area contributed by atoms with Crippen LogP contribution in [-0.2, 0) is 25.7 Å². The van der Waals surface area contributed by atoms with Gasteiger partial charge in [-0.05, 0) is 93.6 Å². The molecule has 0 spiro atoms. The molecule has 104 heavy (non-hydrogen) atoms. The number of alkyl halides is 1. The Morgan fingerprint density at radius 1 is 0.596 bits per heavy atom. The van der Waals surface area contributed by atoms with Crippen molar-refractivity contribution in [2.24, 2.45) is 0 Å². The van der Waals surface area contributed by atoms with Crippen LogP contribution < -0.4 is 41.7 Å². The molecule has 2 unspecified atom stereocenters. The number of carbonyl (C=O) groups is 9. The normalized spacial score (nSPS) is 17.5. The van der Waals surface area contributed by atoms with E-state index in [1.54, 1.807) is 42.6 Å². The summed E-state index contributed by atoms with van der Waals surface area (Å²) in [7, 11) is 0. The van der Waals surface area contributed by atoms with E-state index in [0.717, 1.165) is 104 Å². The summed E-state index contributed by atoms with van der Waals surface area (Å²) in [6.07, 6.45) is 3.90. The zero-order valence-corrected chi connectivity index (χ0v) is 62.4. The van der Waals surface area contributed by atoms with E-state index in [1.165, 1.54) is 45.5 Å². The average molecular weight is 1540 g/mol.